The van der Waals surface area contributed by atoms with Crippen LogP contribution in [0.1, 0.15) is 35.7 Å². The summed E-state index contributed by atoms with van der Waals surface area (Å²) in [5, 5.41) is 0. The SMILES string of the molecule is COC1(C)CCCN(C(=O)c2cncc(C#CCN)c2)C1. The first kappa shape index (κ1) is 15.5. The van der Waals surface area contributed by atoms with E-state index in [1.165, 1.54) is 0 Å². The molecule has 2 heterocycles. The smallest absolute Gasteiger partial charge is 0.255 e. The number of rotatable bonds is 2. The second-order valence-corrected chi connectivity index (χ2v) is 5.45. The van der Waals surface area contributed by atoms with E-state index in [1.807, 2.05) is 11.8 Å². The summed E-state index contributed by atoms with van der Waals surface area (Å²) in [6, 6.07) is 1.76. The predicted molar refractivity (Wildman–Crippen MR) is 80.7 cm³/mol. The highest BCUT2D eigenvalue weighted by molar-refractivity contribution is 5.94. The fourth-order valence-electron chi connectivity index (χ4n) is 2.51. The van der Waals surface area contributed by atoms with E-state index in [-0.39, 0.29) is 18.1 Å². The maximum absolute atomic E-state index is 12.6. The summed E-state index contributed by atoms with van der Waals surface area (Å²) in [7, 11) is 1.69. The Morgan fingerprint density at radius 2 is 2.38 bits per heavy atom. The van der Waals surface area contributed by atoms with Crippen molar-refractivity contribution in [2.75, 3.05) is 26.7 Å². The first-order valence-corrected chi connectivity index (χ1v) is 7.06. The number of aromatic nitrogens is 1. The number of nitrogens with two attached hydrogens (primary N) is 1. The van der Waals surface area contributed by atoms with Crippen LogP contribution in [0.2, 0.25) is 0 Å². The van der Waals surface area contributed by atoms with Crippen LogP contribution in [-0.2, 0) is 4.74 Å². The molecule has 0 radical (unpaired) electrons. The predicted octanol–water partition coefficient (Wildman–Crippen LogP) is 1.03. The van der Waals surface area contributed by atoms with Gasteiger partial charge in [0.1, 0.15) is 0 Å². The molecule has 0 aliphatic carbocycles. The number of likely N-dealkylation sites (tertiary alicyclic amines) is 1. The van der Waals surface area contributed by atoms with Crippen molar-refractivity contribution in [3.63, 3.8) is 0 Å². The van der Waals surface area contributed by atoms with E-state index in [2.05, 4.69) is 16.8 Å². The van der Waals surface area contributed by atoms with Crippen LogP contribution in [0.15, 0.2) is 18.5 Å². The normalized spacial score (nSPS) is 21.6. The molecule has 0 spiro atoms. The monoisotopic (exact) mass is 287 g/mol. The number of methoxy groups -OCH3 is 1. The summed E-state index contributed by atoms with van der Waals surface area (Å²) in [5.74, 6) is 5.64. The Bertz CT molecular complexity index is 576. The molecule has 1 aromatic heterocycles. The fourth-order valence-corrected chi connectivity index (χ4v) is 2.51. The largest absolute Gasteiger partial charge is 0.377 e. The summed E-state index contributed by atoms with van der Waals surface area (Å²) in [5.41, 5.74) is 6.35. The molecule has 1 aromatic rings. The van der Waals surface area contributed by atoms with E-state index in [1.54, 1.807) is 25.6 Å². The first-order chi connectivity index (χ1) is 10.1. The van der Waals surface area contributed by atoms with Gasteiger partial charge in [-0.1, -0.05) is 11.8 Å². The number of ether oxygens (including phenoxy) is 1. The standard InChI is InChI=1S/C16H21N3O2/c1-16(21-2)6-4-8-19(12-16)15(20)14-9-13(5-3-7-17)10-18-11-14/h9-11H,4,6-8,12,17H2,1-2H3. The van der Waals surface area contributed by atoms with Gasteiger partial charge < -0.3 is 15.4 Å². The lowest BCUT2D eigenvalue weighted by atomic mass is 9.94. The average molecular weight is 287 g/mol. The Morgan fingerprint density at radius 1 is 1.57 bits per heavy atom. The zero-order chi connectivity index (χ0) is 15.3. The van der Waals surface area contributed by atoms with Gasteiger partial charge in [-0.25, -0.2) is 0 Å². The van der Waals surface area contributed by atoms with Crippen molar-refractivity contribution in [1.29, 1.82) is 0 Å². The maximum Gasteiger partial charge on any atom is 0.255 e. The van der Waals surface area contributed by atoms with Crippen LogP contribution in [0.3, 0.4) is 0 Å². The van der Waals surface area contributed by atoms with Crippen molar-refractivity contribution in [1.82, 2.24) is 9.88 Å². The van der Waals surface area contributed by atoms with Crippen molar-refractivity contribution in [2.24, 2.45) is 5.73 Å². The van der Waals surface area contributed by atoms with Crippen LogP contribution in [0, 0.1) is 11.8 Å². The Labute approximate surface area is 125 Å². The zero-order valence-electron chi connectivity index (χ0n) is 12.6. The Hall–Kier alpha value is -1.90. The molecule has 2 rings (SSSR count). The minimum atomic E-state index is -0.266. The number of hydrogen-bond acceptors (Lipinski definition) is 4. The highest BCUT2D eigenvalue weighted by Crippen LogP contribution is 2.25. The molecular weight excluding hydrogens is 266 g/mol. The molecule has 1 saturated heterocycles. The molecule has 21 heavy (non-hydrogen) atoms. The third-order valence-electron chi connectivity index (χ3n) is 3.76. The third kappa shape index (κ3) is 3.81. The van der Waals surface area contributed by atoms with Crippen LogP contribution >= 0.6 is 0 Å². The van der Waals surface area contributed by atoms with Crippen molar-refractivity contribution in [2.45, 2.75) is 25.4 Å². The average Bonchev–Trinajstić information content (AvgIpc) is 2.52. The Balaban J connectivity index is 2.16. The van der Waals surface area contributed by atoms with E-state index in [9.17, 15) is 4.79 Å². The van der Waals surface area contributed by atoms with Crippen LogP contribution in [0.4, 0.5) is 0 Å². The van der Waals surface area contributed by atoms with E-state index in [0.29, 0.717) is 17.7 Å². The lowest BCUT2D eigenvalue weighted by Crippen LogP contribution is -2.49. The number of carbonyl (C=O) groups excluding carboxylic acids is 1. The van der Waals surface area contributed by atoms with Crippen LogP contribution in [0.5, 0.6) is 0 Å². The number of piperidine rings is 1. The molecule has 1 aliphatic rings. The molecule has 0 bridgehead atoms. The van der Waals surface area contributed by atoms with Gasteiger partial charge in [0.2, 0.25) is 0 Å². The molecule has 5 nitrogen and oxygen atoms in total. The highest BCUT2D eigenvalue weighted by Gasteiger charge is 2.33. The molecule has 112 valence electrons. The summed E-state index contributed by atoms with van der Waals surface area (Å²) in [6.07, 6.45) is 5.12. The van der Waals surface area contributed by atoms with Gasteiger partial charge in [0.05, 0.1) is 17.7 Å². The van der Waals surface area contributed by atoms with Gasteiger partial charge in [0.25, 0.3) is 5.91 Å². The fraction of sp³-hybridized carbons (Fsp3) is 0.500. The van der Waals surface area contributed by atoms with Crippen molar-refractivity contribution in [3.05, 3.63) is 29.6 Å². The number of amides is 1. The minimum Gasteiger partial charge on any atom is -0.377 e. The van der Waals surface area contributed by atoms with E-state index >= 15 is 0 Å². The quantitative estimate of drug-likeness (QED) is 0.825. The van der Waals surface area contributed by atoms with Crippen LogP contribution in [-0.4, -0.2) is 48.1 Å². The third-order valence-corrected chi connectivity index (χ3v) is 3.76. The van der Waals surface area contributed by atoms with Crippen LogP contribution < -0.4 is 5.73 Å². The van der Waals surface area contributed by atoms with Gasteiger partial charge >= 0.3 is 0 Å². The summed E-state index contributed by atoms with van der Waals surface area (Å²) in [6.45, 7) is 3.67. The van der Waals surface area contributed by atoms with Gasteiger partial charge in [-0.05, 0) is 25.8 Å². The van der Waals surface area contributed by atoms with E-state index in [4.69, 9.17) is 10.5 Å². The van der Waals surface area contributed by atoms with Gasteiger partial charge in [0.15, 0.2) is 0 Å². The molecule has 1 aliphatic heterocycles. The van der Waals surface area contributed by atoms with Gasteiger partial charge in [0, 0.05) is 38.2 Å². The second kappa shape index (κ2) is 6.70. The van der Waals surface area contributed by atoms with Gasteiger partial charge in [-0.15, -0.1) is 0 Å². The van der Waals surface area contributed by atoms with E-state index < -0.39 is 0 Å². The zero-order valence-corrected chi connectivity index (χ0v) is 12.6. The molecule has 1 atom stereocenters. The molecular formula is C16H21N3O2. The minimum absolute atomic E-state index is 0.0260. The molecule has 0 aromatic carbocycles. The summed E-state index contributed by atoms with van der Waals surface area (Å²) in [4.78, 5) is 18.5. The number of hydrogen-bond donors (Lipinski definition) is 1. The Kier molecular flexibility index (Phi) is 4.94. The number of nitrogens with zero attached hydrogens (tertiary/aromatic N) is 2. The van der Waals surface area contributed by atoms with Crippen LogP contribution in [0.25, 0.3) is 0 Å². The van der Waals surface area contributed by atoms with Gasteiger partial charge in [-0.2, -0.15) is 0 Å². The lowest BCUT2D eigenvalue weighted by molar-refractivity contribution is -0.0440. The number of carbonyl (C=O) groups is 1. The van der Waals surface area contributed by atoms with Crippen molar-refractivity contribution < 1.29 is 9.53 Å². The van der Waals surface area contributed by atoms with E-state index in [0.717, 1.165) is 19.4 Å². The molecule has 2 N–H and O–H groups in total. The highest BCUT2D eigenvalue weighted by atomic mass is 16.5. The lowest BCUT2D eigenvalue weighted by Gasteiger charge is -2.39. The first-order valence-electron chi connectivity index (χ1n) is 7.06. The molecule has 5 heteroatoms. The molecule has 1 fully saturated rings. The maximum atomic E-state index is 12.6. The summed E-state index contributed by atoms with van der Waals surface area (Å²) >= 11 is 0. The molecule has 1 unspecified atom stereocenters. The second-order valence-electron chi connectivity index (χ2n) is 5.45. The van der Waals surface area contributed by atoms with Crippen molar-refractivity contribution >= 4 is 5.91 Å². The molecule has 0 saturated carbocycles. The van der Waals surface area contributed by atoms with Gasteiger partial charge in [-0.3, -0.25) is 9.78 Å². The number of pyridine rings is 1. The Morgan fingerprint density at radius 3 is 3.10 bits per heavy atom. The topological polar surface area (TPSA) is 68.5 Å². The van der Waals surface area contributed by atoms with Crippen molar-refractivity contribution in [3.8, 4) is 11.8 Å². The molecule has 1 amide bonds. The summed E-state index contributed by atoms with van der Waals surface area (Å²) < 4.78 is 5.53.